The summed E-state index contributed by atoms with van der Waals surface area (Å²) in [7, 11) is 0. The largest absolute Gasteiger partial charge is 0.441 e. The van der Waals surface area contributed by atoms with Crippen molar-refractivity contribution in [2.24, 2.45) is 0 Å². The van der Waals surface area contributed by atoms with Crippen LogP contribution in [-0.2, 0) is 11.2 Å². The number of benzene rings is 2. The zero-order valence-corrected chi connectivity index (χ0v) is 15.1. The number of hydrogen-bond acceptors (Lipinski definition) is 3. The fourth-order valence-electron chi connectivity index (χ4n) is 2.83. The Morgan fingerprint density at radius 2 is 1.73 bits per heavy atom. The number of anilines is 1. The maximum absolute atomic E-state index is 12.8. The predicted octanol–water partition coefficient (Wildman–Crippen LogP) is 5.11. The highest BCUT2D eigenvalue weighted by atomic mass is 16.4. The molecule has 0 spiro atoms. The van der Waals surface area contributed by atoms with E-state index in [9.17, 15) is 4.79 Å². The van der Waals surface area contributed by atoms with Crippen molar-refractivity contribution < 1.29 is 9.21 Å². The summed E-state index contributed by atoms with van der Waals surface area (Å²) < 4.78 is 5.80. The molecule has 0 unspecified atom stereocenters. The summed E-state index contributed by atoms with van der Waals surface area (Å²) in [5.41, 5.74) is 1.94. The first-order chi connectivity index (χ1) is 12.8. The third kappa shape index (κ3) is 4.60. The number of rotatable bonds is 8. The lowest BCUT2D eigenvalue weighted by molar-refractivity contribution is -0.118. The van der Waals surface area contributed by atoms with Crippen molar-refractivity contribution >= 4 is 11.6 Å². The van der Waals surface area contributed by atoms with Crippen LogP contribution >= 0.6 is 0 Å². The van der Waals surface area contributed by atoms with Gasteiger partial charge in [0.25, 0.3) is 0 Å². The van der Waals surface area contributed by atoms with Gasteiger partial charge in [0.2, 0.25) is 5.91 Å². The number of carbonyl (C=O) groups is 1. The summed E-state index contributed by atoms with van der Waals surface area (Å²) >= 11 is 0. The van der Waals surface area contributed by atoms with Crippen LogP contribution in [0.3, 0.4) is 0 Å². The smallest absolute Gasteiger partial charge is 0.227 e. The molecule has 0 aliphatic rings. The van der Waals surface area contributed by atoms with Gasteiger partial charge in [-0.2, -0.15) is 0 Å². The molecule has 0 bridgehead atoms. The van der Waals surface area contributed by atoms with Gasteiger partial charge in [-0.25, -0.2) is 4.98 Å². The van der Waals surface area contributed by atoms with Crippen molar-refractivity contribution in [1.82, 2.24) is 4.98 Å². The highest BCUT2D eigenvalue weighted by Crippen LogP contribution is 2.21. The Bertz CT molecular complexity index is 812. The van der Waals surface area contributed by atoms with Gasteiger partial charge in [-0.1, -0.05) is 61.9 Å². The molecule has 0 fully saturated rings. The fourth-order valence-corrected chi connectivity index (χ4v) is 2.83. The van der Waals surface area contributed by atoms with Crippen LogP contribution in [0.2, 0.25) is 0 Å². The monoisotopic (exact) mass is 348 g/mol. The molecule has 0 atom stereocenters. The number of amides is 1. The molecule has 26 heavy (non-hydrogen) atoms. The van der Waals surface area contributed by atoms with Crippen molar-refractivity contribution in [3.05, 3.63) is 72.8 Å². The van der Waals surface area contributed by atoms with Crippen molar-refractivity contribution in [2.45, 2.75) is 32.6 Å². The molecular formula is C22H24N2O2. The number of oxazole rings is 1. The molecule has 1 heterocycles. The second kappa shape index (κ2) is 8.99. The van der Waals surface area contributed by atoms with Crippen LogP contribution in [0.4, 0.5) is 5.69 Å². The number of carbonyl (C=O) groups excluding carboxylic acids is 1. The van der Waals surface area contributed by atoms with E-state index < -0.39 is 0 Å². The number of nitrogens with zero attached hydrogens (tertiary/aromatic N) is 2. The van der Waals surface area contributed by atoms with Gasteiger partial charge in [0.1, 0.15) is 0 Å². The molecule has 0 N–H and O–H groups in total. The third-order valence-corrected chi connectivity index (χ3v) is 4.27. The van der Waals surface area contributed by atoms with Gasteiger partial charge in [-0.15, -0.1) is 0 Å². The summed E-state index contributed by atoms with van der Waals surface area (Å²) in [4.78, 5) is 18.9. The van der Waals surface area contributed by atoms with Crippen molar-refractivity contribution in [2.75, 3.05) is 11.4 Å². The van der Waals surface area contributed by atoms with Gasteiger partial charge in [0.05, 0.1) is 6.20 Å². The van der Waals surface area contributed by atoms with E-state index in [0.29, 0.717) is 18.7 Å². The Balaban J connectivity index is 1.64. The fraction of sp³-hybridized carbons (Fsp3) is 0.273. The van der Waals surface area contributed by atoms with E-state index in [1.165, 1.54) is 0 Å². The Hall–Kier alpha value is -2.88. The molecule has 4 heteroatoms. The summed E-state index contributed by atoms with van der Waals surface area (Å²) in [6.07, 6.45) is 4.64. The molecular weight excluding hydrogens is 324 g/mol. The Morgan fingerprint density at radius 3 is 2.42 bits per heavy atom. The number of para-hydroxylation sites is 1. The van der Waals surface area contributed by atoms with E-state index in [4.69, 9.17) is 4.42 Å². The van der Waals surface area contributed by atoms with Gasteiger partial charge in [-0.3, -0.25) is 4.79 Å². The number of aromatic nitrogens is 1. The molecule has 0 saturated heterocycles. The lowest BCUT2D eigenvalue weighted by atomic mass is 10.2. The second-order valence-corrected chi connectivity index (χ2v) is 6.22. The van der Waals surface area contributed by atoms with Crippen molar-refractivity contribution in [1.29, 1.82) is 0 Å². The first-order valence-corrected chi connectivity index (χ1v) is 9.13. The summed E-state index contributed by atoms with van der Waals surface area (Å²) in [5, 5.41) is 0. The topological polar surface area (TPSA) is 46.3 Å². The van der Waals surface area contributed by atoms with Crippen molar-refractivity contribution in [3.8, 4) is 11.3 Å². The highest BCUT2D eigenvalue weighted by Gasteiger charge is 2.16. The van der Waals surface area contributed by atoms with Crippen LogP contribution in [0.1, 0.15) is 32.1 Å². The predicted molar refractivity (Wildman–Crippen MR) is 104 cm³/mol. The van der Waals surface area contributed by atoms with E-state index in [-0.39, 0.29) is 5.91 Å². The average Bonchev–Trinajstić information content (AvgIpc) is 3.17. The molecule has 4 nitrogen and oxygen atoms in total. The zero-order chi connectivity index (χ0) is 18.2. The number of hydrogen-bond donors (Lipinski definition) is 0. The summed E-state index contributed by atoms with van der Waals surface area (Å²) in [5.74, 6) is 1.43. The van der Waals surface area contributed by atoms with E-state index >= 15 is 0 Å². The molecule has 3 rings (SSSR count). The Labute approximate surface area is 154 Å². The first-order valence-electron chi connectivity index (χ1n) is 9.13. The minimum Gasteiger partial charge on any atom is -0.441 e. The van der Waals surface area contributed by atoms with Crippen LogP contribution in [0.25, 0.3) is 11.3 Å². The zero-order valence-electron chi connectivity index (χ0n) is 15.1. The molecule has 134 valence electrons. The summed E-state index contributed by atoms with van der Waals surface area (Å²) in [6, 6.07) is 19.7. The lowest BCUT2D eigenvalue weighted by Gasteiger charge is -2.22. The lowest BCUT2D eigenvalue weighted by Crippen LogP contribution is -2.32. The second-order valence-electron chi connectivity index (χ2n) is 6.22. The minimum absolute atomic E-state index is 0.101. The van der Waals surface area contributed by atoms with Crippen LogP contribution < -0.4 is 4.90 Å². The molecule has 0 saturated carbocycles. The minimum atomic E-state index is 0.101. The standard InChI is InChI=1S/C22H24N2O2/c1-2-3-16-24(19-12-8-5-9-13-19)22(25)15-14-21-23-17-20(26-21)18-10-6-4-7-11-18/h4-13,17H,2-3,14-16H2,1H3. The summed E-state index contributed by atoms with van der Waals surface area (Å²) in [6.45, 7) is 2.87. The molecule has 0 aliphatic carbocycles. The van der Waals surface area contributed by atoms with E-state index in [0.717, 1.165) is 36.4 Å². The Morgan fingerprint density at radius 1 is 1.04 bits per heavy atom. The highest BCUT2D eigenvalue weighted by molar-refractivity contribution is 5.93. The molecule has 3 aromatic rings. The maximum atomic E-state index is 12.8. The van der Waals surface area contributed by atoms with E-state index in [2.05, 4.69) is 11.9 Å². The average molecular weight is 348 g/mol. The van der Waals surface area contributed by atoms with Crippen LogP contribution in [0.15, 0.2) is 71.3 Å². The normalized spacial score (nSPS) is 10.7. The van der Waals surface area contributed by atoms with Gasteiger partial charge in [0.15, 0.2) is 11.7 Å². The molecule has 2 aromatic carbocycles. The van der Waals surface area contributed by atoms with Gasteiger partial charge in [0, 0.05) is 30.6 Å². The van der Waals surface area contributed by atoms with Gasteiger partial charge < -0.3 is 9.32 Å². The van der Waals surface area contributed by atoms with Crippen LogP contribution in [-0.4, -0.2) is 17.4 Å². The quantitative estimate of drug-likeness (QED) is 0.568. The van der Waals surface area contributed by atoms with Crippen LogP contribution in [0, 0.1) is 0 Å². The molecule has 1 amide bonds. The van der Waals surface area contributed by atoms with Crippen LogP contribution in [0.5, 0.6) is 0 Å². The third-order valence-electron chi connectivity index (χ3n) is 4.27. The Kier molecular flexibility index (Phi) is 6.20. The number of aryl methyl sites for hydroxylation is 1. The van der Waals surface area contributed by atoms with E-state index in [1.54, 1.807) is 6.20 Å². The van der Waals surface area contributed by atoms with Gasteiger partial charge in [-0.05, 0) is 18.6 Å². The molecule has 1 aromatic heterocycles. The first kappa shape index (κ1) is 17.9. The maximum Gasteiger partial charge on any atom is 0.227 e. The SMILES string of the molecule is CCCCN(C(=O)CCc1ncc(-c2ccccc2)o1)c1ccccc1. The van der Waals surface area contributed by atoms with Gasteiger partial charge >= 0.3 is 0 Å². The van der Waals surface area contributed by atoms with E-state index in [1.807, 2.05) is 65.6 Å². The molecule has 0 aliphatic heterocycles. The molecule has 0 radical (unpaired) electrons. The van der Waals surface area contributed by atoms with Crippen molar-refractivity contribution in [3.63, 3.8) is 0 Å². The number of unbranched alkanes of at least 4 members (excludes halogenated alkanes) is 1.